The first-order valence-electron chi connectivity index (χ1n) is 3.14. The van der Waals surface area contributed by atoms with E-state index in [2.05, 4.69) is 22.0 Å². The summed E-state index contributed by atoms with van der Waals surface area (Å²) in [5.41, 5.74) is 0. The van der Waals surface area contributed by atoms with E-state index in [9.17, 15) is 0 Å². The minimum atomic E-state index is 0.661. The average Bonchev–Trinajstić information content (AvgIpc) is 1.98. The van der Waals surface area contributed by atoms with E-state index in [0.717, 1.165) is 0 Å². The second kappa shape index (κ2) is 6.16. The molecule has 0 unspecified atom stereocenters. The molecule has 1 N–H and O–H groups in total. The van der Waals surface area contributed by atoms with Crippen LogP contribution in [0.1, 0.15) is 6.92 Å². The van der Waals surface area contributed by atoms with Crippen molar-refractivity contribution in [2.24, 2.45) is 9.98 Å². The van der Waals surface area contributed by atoms with E-state index >= 15 is 0 Å². The Morgan fingerprint density at radius 3 is 2.80 bits per heavy atom. The first-order chi connectivity index (χ1) is 4.85. The third-order valence-electron chi connectivity index (χ3n) is 0.890. The number of likely N-dealkylation sites (N-methyl/N-ethyl adjacent to an activating group) is 1. The average molecular weight is 139 g/mol. The van der Waals surface area contributed by atoms with Crippen LogP contribution in [0, 0.1) is 0 Å². The van der Waals surface area contributed by atoms with Gasteiger partial charge in [-0.15, -0.1) is 0 Å². The topological polar surface area (TPSA) is 36.8 Å². The van der Waals surface area contributed by atoms with E-state index in [1.54, 1.807) is 6.20 Å². The molecule has 0 amide bonds. The third-order valence-corrected chi connectivity index (χ3v) is 0.890. The van der Waals surface area contributed by atoms with Crippen LogP contribution in [-0.2, 0) is 0 Å². The Labute approximate surface area is 61.6 Å². The zero-order valence-electron chi connectivity index (χ0n) is 6.46. The van der Waals surface area contributed by atoms with Crippen LogP contribution in [0.3, 0.4) is 0 Å². The van der Waals surface area contributed by atoms with E-state index in [-0.39, 0.29) is 0 Å². The second-order valence-corrected chi connectivity index (χ2v) is 1.72. The number of aliphatic imine (C=N–C) groups is 2. The fraction of sp³-hybridized carbons (Fsp3) is 0.429. The highest BCUT2D eigenvalue weighted by Gasteiger charge is 1.87. The van der Waals surface area contributed by atoms with Crippen molar-refractivity contribution in [3.05, 3.63) is 12.3 Å². The van der Waals surface area contributed by atoms with Gasteiger partial charge in [-0.2, -0.15) is 0 Å². The van der Waals surface area contributed by atoms with Gasteiger partial charge in [-0.25, -0.2) is 9.98 Å². The van der Waals surface area contributed by atoms with Crippen molar-refractivity contribution < 1.29 is 0 Å². The summed E-state index contributed by atoms with van der Waals surface area (Å²) in [5, 5.41) is 2.93. The molecule has 56 valence electrons. The maximum absolute atomic E-state index is 3.99. The van der Waals surface area contributed by atoms with Crippen LogP contribution in [-0.4, -0.2) is 26.1 Å². The molecule has 0 aromatic rings. The lowest BCUT2D eigenvalue weighted by Crippen LogP contribution is -2.16. The van der Waals surface area contributed by atoms with Crippen molar-refractivity contribution in [3.63, 3.8) is 0 Å². The quantitative estimate of drug-likeness (QED) is 0.456. The smallest absolute Gasteiger partial charge is 0.141 e. The maximum Gasteiger partial charge on any atom is 0.141 e. The number of allylic oxidation sites excluding steroid dienone is 1. The molecule has 0 saturated heterocycles. The number of rotatable bonds is 3. The van der Waals surface area contributed by atoms with Crippen molar-refractivity contribution in [3.8, 4) is 0 Å². The first kappa shape index (κ1) is 9.04. The van der Waals surface area contributed by atoms with Gasteiger partial charge < -0.3 is 5.32 Å². The SMILES string of the molecule is C=NC(CNC)=N/C=C\C. The predicted octanol–water partition coefficient (Wildman–Crippen LogP) is 0.839. The lowest BCUT2D eigenvalue weighted by atomic mass is 10.6. The third kappa shape index (κ3) is 3.97. The van der Waals surface area contributed by atoms with Crippen molar-refractivity contribution in [2.75, 3.05) is 13.6 Å². The molecule has 0 aliphatic carbocycles. The number of hydrogen-bond acceptors (Lipinski definition) is 2. The molecule has 3 heteroatoms. The summed E-state index contributed by atoms with van der Waals surface area (Å²) in [4.78, 5) is 7.70. The molecule has 0 aromatic carbocycles. The summed E-state index contributed by atoms with van der Waals surface area (Å²) < 4.78 is 0. The molecule has 0 bridgehead atoms. The zero-order valence-corrected chi connectivity index (χ0v) is 6.46. The monoisotopic (exact) mass is 139 g/mol. The molecule has 0 aliphatic heterocycles. The van der Waals surface area contributed by atoms with Crippen LogP contribution >= 0.6 is 0 Å². The van der Waals surface area contributed by atoms with Gasteiger partial charge in [0.25, 0.3) is 0 Å². The van der Waals surface area contributed by atoms with Crippen molar-refractivity contribution in [1.82, 2.24) is 5.32 Å². The molecular formula is C7H13N3. The summed E-state index contributed by atoms with van der Waals surface area (Å²) in [6, 6.07) is 0. The fourth-order valence-corrected chi connectivity index (χ4v) is 0.461. The molecule has 0 saturated carbocycles. The largest absolute Gasteiger partial charge is 0.313 e. The van der Waals surface area contributed by atoms with E-state index in [1.165, 1.54) is 0 Å². The standard InChI is InChI=1S/C7H13N3/c1-4-5-10-7(9-3)6-8-2/h4-5,8H,3,6H2,1-2H3/b5-4-,10-7?. The van der Waals surface area contributed by atoms with Gasteiger partial charge in [0, 0.05) is 6.20 Å². The molecule has 0 radical (unpaired) electrons. The number of hydrogen-bond donors (Lipinski definition) is 1. The van der Waals surface area contributed by atoms with E-state index in [4.69, 9.17) is 0 Å². The summed E-state index contributed by atoms with van der Waals surface area (Å²) in [6.07, 6.45) is 3.54. The molecule has 3 nitrogen and oxygen atoms in total. The van der Waals surface area contributed by atoms with Crippen LogP contribution in [0.2, 0.25) is 0 Å². The molecular weight excluding hydrogens is 126 g/mol. The van der Waals surface area contributed by atoms with Gasteiger partial charge in [-0.05, 0) is 20.7 Å². The molecule has 10 heavy (non-hydrogen) atoms. The van der Waals surface area contributed by atoms with Crippen LogP contribution < -0.4 is 5.32 Å². The second-order valence-electron chi connectivity index (χ2n) is 1.72. The van der Waals surface area contributed by atoms with E-state index in [0.29, 0.717) is 12.4 Å². The van der Waals surface area contributed by atoms with Crippen LogP contribution in [0.5, 0.6) is 0 Å². The summed E-state index contributed by atoms with van der Waals surface area (Å²) >= 11 is 0. The Hall–Kier alpha value is -0.960. The summed E-state index contributed by atoms with van der Waals surface area (Å²) in [6.45, 7) is 5.94. The minimum absolute atomic E-state index is 0.661. The molecule has 0 aromatic heterocycles. The lowest BCUT2D eigenvalue weighted by molar-refractivity contribution is 0.940. The van der Waals surface area contributed by atoms with Crippen molar-refractivity contribution >= 4 is 12.6 Å². The fourth-order valence-electron chi connectivity index (χ4n) is 0.461. The molecule has 0 spiro atoms. The Kier molecular flexibility index (Phi) is 5.57. The molecule has 0 aliphatic rings. The van der Waals surface area contributed by atoms with E-state index < -0.39 is 0 Å². The van der Waals surface area contributed by atoms with Crippen molar-refractivity contribution in [2.45, 2.75) is 6.92 Å². The van der Waals surface area contributed by atoms with Gasteiger partial charge in [0.1, 0.15) is 5.84 Å². The number of amidine groups is 1. The van der Waals surface area contributed by atoms with Crippen molar-refractivity contribution in [1.29, 1.82) is 0 Å². The highest BCUT2D eigenvalue weighted by molar-refractivity contribution is 5.88. The normalized spacial score (nSPS) is 12.4. The van der Waals surface area contributed by atoms with Gasteiger partial charge in [0.05, 0.1) is 6.54 Å². The van der Waals surface area contributed by atoms with Gasteiger partial charge >= 0.3 is 0 Å². The van der Waals surface area contributed by atoms with Crippen LogP contribution in [0.25, 0.3) is 0 Å². The summed E-state index contributed by atoms with van der Waals surface area (Å²) in [5.74, 6) is 0.709. The lowest BCUT2D eigenvalue weighted by Gasteiger charge is -1.94. The highest BCUT2D eigenvalue weighted by atomic mass is 15.0. The summed E-state index contributed by atoms with van der Waals surface area (Å²) in [7, 11) is 1.84. The number of nitrogens with one attached hydrogen (secondary N) is 1. The Morgan fingerprint density at radius 1 is 1.70 bits per heavy atom. The Morgan fingerprint density at radius 2 is 2.40 bits per heavy atom. The Bertz CT molecular complexity index is 147. The first-order valence-corrected chi connectivity index (χ1v) is 3.14. The highest BCUT2D eigenvalue weighted by Crippen LogP contribution is 1.80. The maximum atomic E-state index is 3.99. The van der Waals surface area contributed by atoms with Crippen LogP contribution in [0.15, 0.2) is 22.3 Å². The Balaban J connectivity index is 3.90. The number of nitrogens with zero attached hydrogens (tertiary/aromatic N) is 2. The van der Waals surface area contributed by atoms with Gasteiger partial charge in [0.2, 0.25) is 0 Å². The van der Waals surface area contributed by atoms with Crippen LogP contribution in [0.4, 0.5) is 0 Å². The van der Waals surface area contributed by atoms with Gasteiger partial charge in [-0.1, -0.05) is 6.08 Å². The molecule has 0 atom stereocenters. The van der Waals surface area contributed by atoms with Gasteiger partial charge in [0.15, 0.2) is 0 Å². The molecule has 0 rings (SSSR count). The minimum Gasteiger partial charge on any atom is -0.313 e. The van der Waals surface area contributed by atoms with E-state index in [1.807, 2.05) is 20.0 Å². The molecule has 0 fully saturated rings. The van der Waals surface area contributed by atoms with Gasteiger partial charge in [-0.3, -0.25) is 0 Å². The predicted molar refractivity (Wildman–Crippen MR) is 45.7 cm³/mol. The zero-order chi connectivity index (χ0) is 7.82. The molecule has 0 heterocycles.